The van der Waals surface area contributed by atoms with Gasteiger partial charge < -0.3 is 42.3 Å². The standard InChI is InChI=1S/C12H20N6O3.C6H9N3O2/c13-12(14)16-4-2-1-3-10(19)18-9(11(20)21)5-8-6-15-7-17-8;7-5(6(10)11)1-4-2-8-3-9-4/h6-7,9H,1-5H2,(H,15,17)(H,18,19)(H,20,21)(H4,13,14,16);2-3,5H,1,7H2,(H,8,9)(H,10,11)/t9-;/m0./s1. The molecule has 2 rings (SSSR count). The van der Waals surface area contributed by atoms with Crippen LogP contribution in [0, 0.1) is 5.41 Å². The van der Waals surface area contributed by atoms with Gasteiger partial charge in [-0.15, -0.1) is 0 Å². The second-order valence-corrected chi connectivity index (χ2v) is 6.73. The Morgan fingerprint density at radius 2 is 1.62 bits per heavy atom. The number of carbonyl (C=O) groups is 3. The summed E-state index contributed by atoms with van der Waals surface area (Å²) in [7, 11) is 0. The molecule has 0 spiro atoms. The van der Waals surface area contributed by atoms with Crippen LogP contribution in [0.2, 0.25) is 0 Å². The number of carbonyl (C=O) groups excluding carboxylic acids is 1. The molecule has 0 saturated carbocycles. The monoisotopic (exact) mass is 451 g/mol. The molecule has 0 aliphatic carbocycles. The topological polar surface area (TPSA) is 249 Å². The molecule has 0 fully saturated rings. The van der Waals surface area contributed by atoms with Crippen LogP contribution < -0.4 is 22.1 Å². The van der Waals surface area contributed by atoms with Gasteiger partial charge in [-0.2, -0.15) is 0 Å². The van der Waals surface area contributed by atoms with Crippen LogP contribution in [0.25, 0.3) is 0 Å². The molecule has 1 amide bonds. The molecular weight excluding hydrogens is 422 g/mol. The van der Waals surface area contributed by atoms with Gasteiger partial charge in [0.1, 0.15) is 12.1 Å². The first-order chi connectivity index (χ1) is 15.2. The summed E-state index contributed by atoms with van der Waals surface area (Å²) < 4.78 is 0. The summed E-state index contributed by atoms with van der Waals surface area (Å²) in [6, 6.07) is -1.85. The lowest BCUT2D eigenvalue weighted by atomic mass is 10.1. The highest BCUT2D eigenvalue weighted by atomic mass is 16.4. The smallest absolute Gasteiger partial charge is 0.326 e. The summed E-state index contributed by atoms with van der Waals surface area (Å²) in [5, 5.41) is 29.6. The van der Waals surface area contributed by atoms with Crippen molar-refractivity contribution in [1.82, 2.24) is 30.6 Å². The summed E-state index contributed by atoms with van der Waals surface area (Å²) in [5.74, 6) is -2.53. The molecule has 0 saturated heterocycles. The maximum absolute atomic E-state index is 11.7. The highest BCUT2D eigenvalue weighted by molar-refractivity contribution is 5.83. The number of guanidine groups is 1. The van der Waals surface area contributed by atoms with Gasteiger partial charge in [0.05, 0.1) is 24.0 Å². The Labute approximate surface area is 183 Å². The molecule has 32 heavy (non-hydrogen) atoms. The Hall–Kier alpha value is -3.94. The first-order valence-corrected chi connectivity index (χ1v) is 9.72. The molecule has 2 heterocycles. The molecule has 2 atom stereocenters. The molecular formula is C18H29N9O5. The number of nitrogens with zero attached hydrogens (tertiary/aromatic N) is 2. The maximum Gasteiger partial charge on any atom is 0.326 e. The van der Waals surface area contributed by atoms with E-state index in [4.69, 9.17) is 27.1 Å². The molecule has 0 aromatic carbocycles. The minimum absolute atomic E-state index is 0.107. The van der Waals surface area contributed by atoms with E-state index in [1.54, 1.807) is 12.4 Å². The number of hydrogen-bond acceptors (Lipinski definition) is 7. The van der Waals surface area contributed by atoms with Crippen molar-refractivity contribution in [3.63, 3.8) is 0 Å². The van der Waals surface area contributed by atoms with E-state index < -0.39 is 24.0 Å². The SMILES string of the molecule is N=C(N)NCCCCC(=O)N[C@@H](Cc1c[nH]cn1)C(=O)O.NC(Cc1c[nH]cn1)C(=O)O. The maximum atomic E-state index is 11.7. The molecule has 14 nitrogen and oxygen atoms in total. The van der Waals surface area contributed by atoms with Crippen molar-refractivity contribution in [2.24, 2.45) is 11.5 Å². The third-order valence-electron chi connectivity index (χ3n) is 4.05. The van der Waals surface area contributed by atoms with Crippen molar-refractivity contribution in [2.45, 2.75) is 44.2 Å². The van der Waals surface area contributed by atoms with Crippen molar-refractivity contribution in [2.75, 3.05) is 6.54 Å². The van der Waals surface area contributed by atoms with Crippen molar-refractivity contribution in [1.29, 1.82) is 5.41 Å². The number of nitrogens with one attached hydrogen (secondary N) is 5. The molecule has 14 heteroatoms. The zero-order valence-corrected chi connectivity index (χ0v) is 17.4. The lowest BCUT2D eigenvalue weighted by Crippen LogP contribution is -2.42. The summed E-state index contributed by atoms with van der Waals surface area (Å²) in [6.07, 6.45) is 8.05. The largest absolute Gasteiger partial charge is 0.480 e. The van der Waals surface area contributed by atoms with Gasteiger partial charge in [-0.25, -0.2) is 14.8 Å². The molecule has 0 aliphatic rings. The van der Waals surface area contributed by atoms with E-state index in [-0.39, 0.29) is 31.1 Å². The fourth-order valence-electron chi connectivity index (χ4n) is 2.43. The Bertz CT molecular complexity index is 839. The number of aromatic amines is 2. The van der Waals surface area contributed by atoms with Crippen LogP contribution in [0.5, 0.6) is 0 Å². The number of imidazole rings is 2. The van der Waals surface area contributed by atoms with Crippen LogP contribution in [0.1, 0.15) is 30.7 Å². The molecule has 0 radical (unpaired) electrons. The number of aliphatic carboxylic acids is 2. The van der Waals surface area contributed by atoms with Crippen LogP contribution in [-0.4, -0.2) is 72.6 Å². The van der Waals surface area contributed by atoms with Crippen molar-refractivity contribution in [3.05, 3.63) is 36.4 Å². The van der Waals surface area contributed by atoms with E-state index >= 15 is 0 Å². The number of carboxylic acid groups (broad SMARTS) is 2. The summed E-state index contributed by atoms with van der Waals surface area (Å²) in [4.78, 5) is 46.3. The number of hydrogen-bond donors (Lipinski definition) is 9. The highest BCUT2D eigenvalue weighted by Crippen LogP contribution is 2.01. The zero-order chi connectivity index (χ0) is 23.9. The molecule has 2 aromatic rings. The van der Waals surface area contributed by atoms with Gasteiger partial charge in [-0.3, -0.25) is 15.0 Å². The van der Waals surface area contributed by atoms with Gasteiger partial charge >= 0.3 is 11.9 Å². The molecule has 1 unspecified atom stereocenters. The molecule has 11 N–H and O–H groups in total. The third kappa shape index (κ3) is 11.3. The number of unbranched alkanes of at least 4 members (excludes halogenated alkanes) is 1. The van der Waals surface area contributed by atoms with E-state index in [0.717, 1.165) is 0 Å². The van der Waals surface area contributed by atoms with Crippen LogP contribution in [0.3, 0.4) is 0 Å². The normalized spacial score (nSPS) is 12.0. The van der Waals surface area contributed by atoms with E-state index in [1.807, 2.05) is 0 Å². The average Bonchev–Trinajstić information content (AvgIpc) is 3.41. The highest BCUT2D eigenvalue weighted by Gasteiger charge is 2.20. The number of H-pyrrole nitrogens is 2. The van der Waals surface area contributed by atoms with E-state index in [0.29, 0.717) is 30.8 Å². The van der Waals surface area contributed by atoms with Gasteiger partial charge in [-0.05, 0) is 12.8 Å². The Kier molecular flexibility index (Phi) is 11.5. The molecule has 0 aliphatic heterocycles. The first kappa shape index (κ1) is 26.1. The lowest BCUT2D eigenvalue weighted by Gasteiger charge is -2.13. The number of nitrogens with two attached hydrogens (primary N) is 2. The number of amides is 1. The lowest BCUT2D eigenvalue weighted by molar-refractivity contribution is -0.141. The fourth-order valence-corrected chi connectivity index (χ4v) is 2.43. The summed E-state index contributed by atoms with van der Waals surface area (Å²) in [6.45, 7) is 0.512. The van der Waals surface area contributed by atoms with E-state index in [2.05, 4.69) is 30.6 Å². The minimum Gasteiger partial charge on any atom is -0.480 e. The zero-order valence-electron chi connectivity index (χ0n) is 17.4. The van der Waals surface area contributed by atoms with Gasteiger partial charge in [0, 0.05) is 38.2 Å². The van der Waals surface area contributed by atoms with Crippen molar-refractivity contribution < 1.29 is 24.6 Å². The Balaban J connectivity index is 0.000000389. The second kappa shape index (κ2) is 14.1. The number of aromatic nitrogens is 4. The first-order valence-electron chi connectivity index (χ1n) is 9.72. The predicted molar refractivity (Wildman–Crippen MR) is 114 cm³/mol. The van der Waals surface area contributed by atoms with Crippen LogP contribution in [0.4, 0.5) is 0 Å². The van der Waals surface area contributed by atoms with Gasteiger partial charge in [0.15, 0.2) is 5.96 Å². The van der Waals surface area contributed by atoms with Gasteiger partial charge in [0.25, 0.3) is 0 Å². The van der Waals surface area contributed by atoms with Crippen LogP contribution >= 0.6 is 0 Å². The summed E-state index contributed by atoms with van der Waals surface area (Å²) >= 11 is 0. The molecule has 176 valence electrons. The number of carboxylic acids is 2. The average molecular weight is 451 g/mol. The molecule has 2 aromatic heterocycles. The Morgan fingerprint density at radius 1 is 1.03 bits per heavy atom. The number of rotatable bonds is 12. The van der Waals surface area contributed by atoms with Crippen LogP contribution in [0.15, 0.2) is 25.0 Å². The third-order valence-corrected chi connectivity index (χ3v) is 4.05. The van der Waals surface area contributed by atoms with Crippen LogP contribution in [-0.2, 0) is 27.2 Å². The van der Waals surface area contributed by atoms with Crippen molar-refractivity contribution >= 4 is 23.8 Å². The second-order valence-electron chi connectivity index (χ2n) is 6.73. The fraction of sp³-hybridized carbons (Fsp3) is 0.444. The predicted octanol–water partition coefficient (Wildman–Crippen LogP) is -1.46. The molecule has 0 bridgehead atoms. The van der Waals surface area contributed by atoms with Crippen molar-refractivity contribution in [3.8, 4) is 0 Å². The quantitative estimate of drug-likeness (QED) is 0.103. The minimum atomic E-state index is -1.09. The van der Waals surface area contributed by atoms with E-state index in [9.17, 15) is 14.4 Å². The Morgan fingerprint density at radius 3 is 2.09 bits per heavy atom. The summed E-state index contributed by atoms with van der Waals surface area (Å²) in [5.41, 5.74) is 11.6. The van der Waals surface area contributed by atoms with Gasteiger partial charge in [0.2, 0.25) is 5.91 Å². The van der Waals surface area contributed by atoms with E-state index in [1.165, 1.54) is 12.7 Å². The van der Waals surface area contributed by atoms with Gasteiger partial charge in [-0.1, -0.05) is 0 Å².